The first-order valence-electron chi connectivity index (χ1n) is 3.33. The molecule has 0 unspecified atom stereocenters. The molecule has 1 rings (SSSR count). The van der Waals surface area contributed by atoms with Gasteiger partial charge in [0.15, 0.2) is 0 Å². The highest BCUT2D eigenvalue weighted by Crippen LogP contribution is 2.27. The van der Waals surface area contributed by atoms with E-state index in [-0.39, 0.29) is 17.2 Å². The van der Waals surface area contributed by atoms with Crippen molar-refractivity contribution >= 4 is 11.6 Å². The highest BCUT2D eigenvalue weighted by atomic mass is 19.3. The summed E-state index contributed by atoms with van der Waals surface area (Å²) in [6.45, 7) is 1.52. The standard InChI is InChI=1S/C7H9F2N3/c1-3-2-4(10)12-7(11)5(3)6(8)9/h2,6H,1H3,(H4,10,11,12). The SMILES string of the molecule is Cc1cc(N)nc(N)c1C(F)F. The predicted molar refractivity (Wildman–Crippen MR) is 42.8 cm³/mol. The van der Waals surface area contributed by atoms with Gasteiger partial charge in [-0.05, 0) is 18.6 Å². The fraction of sp³-hybridized carbons (Fsp3) is 0.286. The number of halogens is 2. The summed E-state index contributed by atoms with van der Waals surface area (Å²) in [4.78, 5) is 3.53. The van der Waals surface area contributed by atoms with E-state index < -0.39 is 6.43 Å². The van der Waals surface area contributed by atoms with Crippen molar-refractivity contribution in [3.63, 3.8) is 0 Å². The van der Waals surface area contributed by atoms with Crippen molar-refractivity contribution < 1.29 is 8.78 Å². The van der Waals surface area contributed by atoms with E-state index in [0.29, 0.717) is 5.56 Å². The lowest BCUT2D eigenvalue weighted by Gasteiger charge is -2.07. The van der Waals surface area contributed by atoms with Crippen LogP contribution in [0.15, 0.2) is 6.07 Å². The Morgan fingerprint density at radius 1 is 1.42 bits per heavy atom. The second-order valence-electron chi connectivity index (χ2n) is 2.46. The second kappa shape index (κ2) is 2.92. The number of pyridine rings is 1. The molecule has 0 radical (unpaired) electrons. The molecule has 12 heavy (non-hydrogen) atoms. The van der Waals surface area contributed by atoms with Crippen LogP contribution >= 0.6 is 0 Å². The van der Waals surface area contributed by atoms with Crippen LogP contribution in [-0.4, -0.2) is 4.98 Å². The van der Waals surface area contributed by atoms with Crippen LogP contribution in [0, 0.1) is 6.92 Å². The van der Waals surface area contributed by atoms with Crippen LogP contribution in [-0.2, 0) is 0 Å². The van der Waals surface area contributed by atoms with Gasteiger partial charge in [-0.25, -0.2) is 13.8 Å². The Kier molecular flexibility index (Phi) is 2.12. The Labute approximate surface area is 68.4 Å². The van der Waals surface area contributed by atoms with Gasteiger partial charge in [0.25, 0.3) is 6.43 Å². The number of alkyl halides is 2. The van der Waals surface area contributed by atoms with Crippen LogP contribution in [0.2, 0.25) is 0 Å². The van der Waals surface area contributed by atoms with Gasteiger partial charge >= 0.3 is 0 Å². The minimum atomic E-state index is -2.60. The predicted octanol–water partition coefficient (Wildman–Crippen LogP) is 1.49. The minimum absolute atomic E-state index is 0.161. The first kappa shape index (κ1) is 8.70. The zero-order valence-electron chi connectivity index (χ0n) is 6.51. The molecule has 0 aliphatic rings. The Bertz CT molecular complexity index is 276. The number of nitrogens with two attached hydrogens (primary N) is 2. The zero-order chi connectivity index (χ0) is 9.30. The molecule has 0 aromatic carbocycles. The lowest BCUT2D eigenvalue weighted by Crippen LogP contribution is -2.03. The van der Waals surface area contributed by atoms with Crippen LogP contribution in [0.4, 0.5) is 20.4 Å². The van der Waals surface area contributed by atoms with Gasteiger partial charge in [-0.2, -0.15) is 0 Å². The molecule has 66 valence electrons. The smallest absolute Gasteiger partial charge is 0.267 e. The van der Waals surface area contributed by atoms with E-state index in [9.17, 15) is 8.78 Å². The molecule has 3 nitrogen and oxygen atoms in total. The number of rotatable bonds is 1. The van der Waals surface area contributed by atoms with Crippen molar-refractivity contribution in [1.29, 1.82) is 0 Å². The number of hydrogen-bond donors (Lipinski definition) is 2. The van der Waals surface area contributed by atoms with E-state index in [1.54, 1.807) is 0 Å². The first-order valence-corrected chi connectivity index (χ1v) is 3.33. The molecule has 0 aliphatic heterocycles. The van der Waals surface area contributed by atoms with Crippen molar-refractivity contribution in [2.24, 2.45) is 0 Å². The molecule has 0 amide bonds. The lowest BCUT2D eigenvalue weighted by molar-refractivity contribution is 0.151. The maximum atomic E-state index is 12.3. The van der Waals surface area contributed by atoms with Crippen molar-refractivity contribution in [3.05, 3.63) is 17.2 Å². The Morgan fingerprint density at radius 2 is 2.00 bits per heavy atom. The summed E-state index contributed by atoms with van der Waals surface area (Å²) in [5.41, 5.74) is 10.7. The van der Waals surface area contributed by atoms with Gasteiger partial charge in [0.05, 0.1) is 5.56 Å². The van der Waals surface area contributed by atoms with Crippen molar-refractivity contribution in [3.8, 4) is 0 Å². The van der Waals surface area contributed by atoms with Gasteiger partial charge in [-0.1, -0.05) is 0 Å². The summed E-state index contributed by atoms with van der Waals surface area (Å²) < 4.78 is 24.5. The summed E-state index contributed by atoms with van der Waals surface area (Å²) in [5, 5.41) is 0. The highest BCUT2D eigenvalue weighted by molar-refractivity contribution is 5.51. The number of nitrogen functional groups attached to an aromatic ring is 2. The van der Waals surface area contributed by atoms with Crippen LogP contribution in [0.25, 0.3) is 0 Å². The fourth-order valence-electron chi connectivity index (χ4n) is 1.02. The average Bonchev–Trinajstić information content (AvgIpc) is 1.82. The summed E-state index contributed by atoms with van der Waals surface area (Å²) in [7, 11) is 0. The molecule has 0 spiro atoms. The highest BCUT2D eigenvalue weighted by Gasteiger charge is 2.15. The third-order valence-corrected chi connectivity index (χ3v) is 1.53. The van der Waals surface area contributed by atoms with Crippen molar-refractivity contribution in [2.75, 3.05) is 11.5 Å². The van der Waals surface area contributed by atoms with Crippen LogP contribution in [0.1, 0.15) is 17.6 Å². The molecule has 0 saturated carbocycles. The molecule has 1 aromatic heterocycles. The van der Waals surface area contributed by atoms with E-state index in [2.05, 4.69) is 4.98 Å². The van der Waals surface area contributed by atoms with Gasteiger partial charge in [0.2, 0.25) is 0 Å². The molecular weight excluding hydrogens is 164 g/mol. The molecule has 4 N–H and O–H groups in total. The maximum Gasteiger partial charge on any atom is 0.267 e. The quantitative estimate of drug-likeness (QED) is 0.676. The van der Waals surface area contributed by atoms with Gasteiger partial charge in [-0.15, -0.1) is 0 Å². The molecule has 0 aliphatic carbocycles. The van der Waals surface area contributed by atoms with E-state index in [4.69, 9.17) is 11.5 Å². The second-order valence-corrected chi connectivity index (χ2v) is 2.46. The summed E-state index contributed by atoms with van der Waals surface area (Å²) >= 11 is 0. The molecule has 1 heterocycles. The third kappa shape index (κ3) is 1.44. The third-order valence-electron chi connectivity index (χ3n) is 1.53. The average molecular weight is 173 g/mol. The number of hydrogen-bond acceptors (Lipinski definition) is 3. The van der Waals surface area contributed by atoms with Crippen molar-refractivity contribution in [1.82, 2.24) is 4.98 Å². The number of aromatic nitrogens is 1. The Balaban J connectivity index is 3.28. The maximum absolute atomic E-state index is 12.3. The minimum Gasteiger partial charge on any atom is -0.384 e. The van der Waals surface area contributed by atoms with E-state index >= 15 is 0 Å². The summed E-state index contributed by atoms with van der Waals surface area (Å²) in [6, 6.07) is 1.37. The molecular formula is C7H9F2N3. The van der Waals surface area contributed by atoms with E-state index in [1.165, 1.54) is 13.0 Å². The van der Waals surface area contributed by atoms with E-state index in [0.717, 1.165) is 0 Å². The Morgan fingerprint density at radius 3 is 2.42 bits per heavy atom. The molecule has 0 saturated heterocycles. The number of anilines is 2. The van der Waals surface area contributed by atoms with Crippen LogP contribution < -0.4 is 11.5 Å². The monoisotopic (exact) mass is 173 g/mol. The van der Waals surface area contributed by atoms with Crippen LogP contribution in [0.5, 0.6) is 0 Å². The van der Waals surface area contributed by atoms with Gasteiger partial charge in [-0.3, -0.25) is 0 Å². The number of aryl methyl sites for hydroxylation is 1. The molecule has 0 fully saturated rings. The molecule has 0 bridgehead atoms. The lowest BCUT2D eigenvalue weighted by atomic mass is 10.1. The largest absolute Gasteiger partial charge is 0.384 e. The summed E-state index contributed by atoms with van der Waals surface area (Å²) in [5.74, 6) is -0.0306. The van der Waals surface area contributed by atoms with Gasteiger partial charge in [0, 0.05) is 0 Å². The van der Waals surface area contributed by atoms with Gasteiger partial charge < -0.3 is 11.5 Å². The van der Waals surface area contributed by atoms with Gasteiger partial charge in [0.1, 0.15) is 11.6 Å². The zero-order valence-corrected chi connectivity index (χ0v) is 6.51. The summed E-state index contributed by atoms with van der Waals surface area (Å²) in [6.07, 6.45) is -2.60. The van der Waals surface area contributed by atoms with E-state index in [1.807, 2.05) is 0 Å². The molecule has 5 heteroatoms. The molecule has 0 atom stereocenters. The normalized spacial score (nSPS) is 10.7. The fourth-order valence-corrected chi connectivity index (χ4v) is 1.02. The topological polar surface area (TPSA) is 64.9 Å². The number of nitrogens with zero attached hydrogens (tertiary/aromatic N) is 1. The van der Waals surface area contributed by atoms with Crippen LogP contribution in [0.3, 0.4) is 0 Å². The Hall–Kier alpha value is -1.39. The molecule has 1 aromatic rings. The first-order chi connectivity index (χ1) is 5.52. The van der Waals surface area contributed by atoms with Crippen molar-refractivity contribution in [2.45, 2.75) is 13.3 Å².